The molecule has 0 aliphatic carbocycles. The number of carbonyl (C=O) groups excluding carboxylic acids is 1. The summed E-state index contributed by atoms with van der Waals surface area (Å²) in [6, 6.07) is 21.9. The molecule has 0 aliphatic heterocycles. The molecule has 150 valence electrons. The minimum Gasteiger partial charge on any atom is -0.378 e. The Labute approximate surface area is 173 Å². The summed E-state index contributed by atoms with van der Waals surface area (Å²) in [6.07, 6.45) is 1.70. The van der Waals surface area contributed by atoms with Crippen molar-refractivity contribution in [1.29, 1.82) is 0 Å². The Morgan fingerprint density at radius 2 is 1.59 bits per heavy atom. The Kier molecular flexibility index (Phi) is 6.50. The molecule has 0 spiro atoms. The van der Waals surface area contributed by atoms with Crippen LogP contribution in [0.4, 0.5) is 17.1 Å². The van der Waals surface area contributed by atoms with Gasteiger partial charge in [-0.05, 0) is 55.8 Å². The van der Waals surface area contributed by atoms with E-state index in [9.17, 15) is 4.79 Å². The van der Waals surface area contributed by atoms with Gasteiger partial charge in [0.1, 0.15) is 5.69 Å². The molecule has 29 heavy (non-hydrogen) atoms. The van der Waals surface area contributed by atoms with Crippen LogP contribution in [0.3, 0.4) is 0 Å². The van der Waals surface area contributed by atoms with Gasteiger partial charge in [0.05, 0.1) is 11.9 Å². The van der Waals surface area contributed by atoms with Crippen molar-refractivity contribution >= 4 is 23.0 Å². The number of carbonyl (C=O) groups is 1. The molecule has 3 rings (SSSR count). The maximum atomic E-state index is 13.0. The zero-order chi connectivity index (χ0) is 20.8. The largest absolute Gasteiger partial charge is 0.378 e. The Morgan fingerprint density at radius 1 is 0.931 bits per heavy atom. The van der Waals surface area contributed by atoms with E-state index in [2.05, 4.69) is 27.3 Å². The second kappa shape index (κ2) is 9.24. The molecule has 0 atom stereocenters. The van der Waals surface area contributed by atoms with Crippen LogP contribution in [0.2, 0.25) is 0 Å². The number of amides is 1. The van der Waals surface area contributed by atoms with Gasteiger partial charge in [0, 0.05) is 38.1 Å². The van der Waals surface area contributed by atoms with E-state index >= 15 is 0 Å². The van der Waals surface area contributed by atoms with Crippen molar-refractivity contribution < 1.29 is 4.79 Å². The van der Waals surface area contributed by atoms with Crippen molar-refractivity contribution in [3.05, 3.63) is 84.2 Å². The van der Waals surface area contributed by atoms with E-state index in [0.29, 0.717) is 12.2 Å². The fourth-order valence-corrected chi connectivity index (χ4v) is 3.02. The zero-order valence-corrected chi connectivity index (χ0v) is 17.5. The van der Waals surface area contributed by atoms with E-state index in [1.54, 1.807) is 12.3 Å². The van der Waals surface area contributed by atoms with Crippen LogP contribution >= 0.6 is 0 Å². The molecule has 0 radical (unpaired) electrons. The van der Waals surface area contributed by atoms with Crippen LogP contribution in [0, 0.1) is 0 Å². The zero-order valence-electron chi connectivity index (χ0n) is 17.5. The molecule has 1 heterocycles. The van der Waals surface area contributed by atoms with Gasteiger partial charge in [0.15, 0.2) is 0 Å². The van der Waals surface area contributed by atoms with Crippen molar-refractivity contribution in [1.82, 2.24) is 9.88 Å². The minimum absolute atomic E-state index is 0.0641. The third-order valence-electron chi connectivity index (χ3n) is 4.73. The van der Waals surface area contributed by atoms with E-state index in [1.807, 2.05) is 81.4 Å². The Balaban J connectivity index is 1.69. The Hall–Kier alpha value is -3.34. The lowest BCUT2D eigenvalue weighted by Crippen LogP contribution is -2.36. The van der Waals surface area contributed by atoms with E-state index < -0.39 is 0 Å². The van der Waals surface area contributed by atoms with Crippen LogP contribution in [0.25, 0.3) is 0 Å². The number of anilines is 3. The first kappa shape index (κ1) is 20.4. The van der Waals surface area contributed by atoms with Gasteiger partial charge in [-0.25, -0.2) is 4.98 Å². The fraction of sp³-hybridized carbons (Fsp3) is 0.250. The second-order valence-electron chi connectivity index (χ2n) is 7.51. The highest BCUT2D eigenvalue weighted by atomic mass is 16.2. The van der Waals surface area contributed by atoms with Crippen LogP contribution in [0.1, 0.15) is 29.9 Å². The van der Waals surface area contributed by atoms with Gasteiger partial charge in [-0.3, -0.25) is 4.79 Å². The lowest BCUT2D eigenvalue weighted by atomic mass is 10.1. The van der Waals surface area contributed by atoms with Gasteiger partial charge < -0.3 is 15.1 Å². The summed E-state index contributed by atoms with van der Waals surface area (Å²) in [5.74, 6) is -0.0641. The van der Waals surface area contributed by atoms with Crippen LogP contribution in [0.5, 0.6) is 0 Å². The SMILES string of the molecule is CC(C)N(Cc1ccccc1)C(=O)c1ccc(Nc2ccc(N(C)C)cc2)cn1. The van der Waals surface area contributed by atoms with E-state index in [0.717, 1.165) is 22.6 Å². The number of rotatable bonds is 7. The lowest BCUT2D eigenvalue weighted by Gasteiger charge is -2.26. The predicted octanol–water partition coefficient (Wildman–Crippen LogP) is 4.94. The predicted molar refractivity (Wildman–Crippen MR) is 120 cm³/mol. The summed E-state index contributed by atoms with van der Waals surface area (Å²) in [5, 5.41) is 3.32. The van der Waals surface area contributed by atoms with Gasteiger partial charge in [0.25, 0.3) is 5.91 Å². The first-order valence-corrected chi connectivity index (χ1v) is 9.79. The fourth-order valence-electron chi connectivity index (χ4n) is 3.02. The van der Waals surface area contributed by atoms with Crippen LogP contribution in [-0.2, 0) is 6.54 Å². The lowest BCUT2D eigenvalue weighted by molar-refractivity contribution is 0.0684. The summed E-state index contributed by atoms with van der Waals surface area (Å²) >= 11 is 0. The highest BCUT2D eigenvalue weighted by molar-refractivity contribution is 5.92. The van der Waals surface area contributed by atoms with Crippen molar-refractivity contribution in [2.24, 2.45) is 0 Å². The van der Waals surface area contributed by atoms with Gasteiger partial charge in [0.2, 0.25) is 0 Å². The van der Waals surface area contributed by atoms with Crippen LogP contribution < -0.4 is 10.2 Å². The topological polar surface area (TPSA) is 48.5 Å². The minimum atomic E-state index is -0.0641. The molecule has 0 aliphatic rings. The van der Waals surface area contributed by atoms with E-state index in [-0.39, 0.29) is 11.9 Å². The molecule has 0 unspecified atom stereocenters. The number of pyridine rings is 1. The molecule has 2 aromatic carbocycles. The maximum absolute atomic E-state index is 13.0. The number of hydrogen-bond donors (Lipinski definition) is 1. The molecule has 0 fully saturated rings. The average Bonchev–Trinajstić information content (AvgIpc) is 2.73. The summed E-state index contributed by atoms with van der Waals surface area (Å²) in [6.45, 7) is 4.61. The van der Waals surface area contributed by atoms with Gasteiger partial charge in [-0.1, -0.05) is 30.3 Å². The van der Waals surface area contributed by atoms with Crippen molar-refractivity contribution in [3.8, 4) is 0 Å². The van der Waals surface area contributed by atoms with Crippen molar-refractivity contribution in [3.63, 3.8) is 0 Å². The smallest absolute Gasteiger partial charge is 0.272 e. The number of hydrogen-bond acceptors (Lipinski definition) is 4. The molecule has 0 saturated carbocycles. The van der Waals surface area contributed by atoms with E-state index in [4.69, 9.17) is 0 Å². The summed E-state index contributed by atoms with van der Waals surface area (Å²) < 4.78 is 0. The third-order valence-corrected chi connectivity index (χ3v) is 4.73. The molecule has 3 aromatic rings. The first-order valence-electron chi connectivity index (χ1n) is 9.79. The molecule has 1 aromatic heterocycles. The van der Waals surface area contributed by atoms with Crippen LogP contribution in [-0.4, -0.2) is 35.9 Å². The maximum Gasteiger partial charge on any atom is 0.272 e. The second-order valence-corrected chi connectivity index (χ2v) is 7.51. The molecule has 0 bridgehead atoms. The molecule has 5 nitrogen and oxygen atoms in total. The standard InChI is InChI=1S/C24H28N4O/c1-18(2)28(17-19-8-6-5-7-9-19)24(29)23-15-12-21(16-25-23)26-20-10-13-22(14-11-20)27(3)4/h5-16,18,26H,17H2,1-4H3. The first-order chi connectivity index (χ1) is 13.9. The van der Waals surface area contributed by atoms with E-state index in [1.165, 1.54) is 0 Å². The van der Waals surface area contributed by atoms with Gasteiger partial charge >= 0.3 is 0 Å². The van der Waals surface area contributed by atoms with Crippen molar-refractivity contribution in [2.45, 2.75) is 26.4 Å². The highest BCUT2D eigenvalue weighted by Gasteiger charge is 2.20. The van der Waals surface area contributed by atoms with Gasteiger partial charge in [-0.2, -0.15) is 0 Å². The molecule has 0 saturated heterocycles. The number of nitrogens with one attached hydrogen (secondary N) is 1. The Morgan fingerprint density at radius 3 is 2.14 bits per heavy atom. The normalized spacial score (nSPS) is 10.7. The average molecular weight is 389 g/mol. The quantitative estimate of drug-likeness (QED) is 0.623. The third kappa shape index (κ3) is 5.35. The summed E-state index contributed by atoms with van der Waals surface area (Å²) in [5.41, 5.74) is 4.52. The number of aromatic nitrogens is 1. The molecular formula is C24H28N4O. The van der Waals surface area contributed by atoms with Crippen molar-refractivity contribution in [2.75, 3.05) is 24.3 Å². The molecule has 1 N–H and O–H groups in total. The molecular weight excluding hydrogens is 360 g/mol. The highest BCUT2D eigenvalue weighted by Crippen LogP contribution is 2.20. The monoisotopic (exact) mass is 388 g/mol. The summed E-state index contributed by atoms with van der Waals surface area (Å²) in [7, 11) is 4.03. The number of benzene rings is 2. The van der Waals surface area contributed by atoms with Crippen LogP contribution in [0.15, 0.2) is 72.9 Å². The molecule has 5 heteroatoms. The Bertz CT molecular complexity index is 919. The van der Waals surface area contributed by atoms with Gasteiger partial charge in [-0.15, -0.1) is 0 Å². The molecule has 1 amide bonds. The number of nitrogens with zero attached hydrogens (tertiary/aromatic N) is 3. The summed E-state index contributed by atoms with van der Waals surface area (Å²) in [4.78, 5) is 21.3.